The van der Waals surface area contributed by atoms with Crippen LogP contribution in [0.15, 0.2) is 0 Å². The van der Waals surface area contributed by atoms with Crippen LogP contribution in [0.2, 0.25) is 0 Å². The monoisotopic (exact) mass is 174 g/mol. The Kier molecular flexibility index (Phi) is 8.06. The second-order valence-corrected chi connectivity index (χ2v) is 3.06. The van der Waals surface area contributed by atoms with Crippen LogP contribution in [-0.2, 0) is 9.84 Å². The first-order valence-electron chi connectivity index (χ1n) is 3.10. The number of rotatable bonds is 1. The van der Waals surface area contributed by atoms with Gasteiger partial charge in [-0.2, -0.15) is 18.9 Å². The minimum Gasteiger partial charge on any atom is -0.197 e. The van der Waals surface area contributed by atoms with E-state index in [9.17, 15) is 8.42 Å². The summed E-state index contributed by atoms with van der Waals surface area (Å²) in [6, 6.07) is 0. The van der Waals surface area contributed by atoms with Gasteiger partial charge in [-0.1, -0.05) is 26.7 Å². The number of hydrogen-bond acceptors (Lipinski definition) is 4. The summed E-state index contributed by atoms with van der Waals surface area (Å²) < 4.78 is 19.3. The third-order valence-electron chi connectivity index (χ3n) is 0.740. The molecule has 11 heavy (non-hydrogen) atoms. The van der Waals surface area contributed by atoms with Gasteiger partial charge in [0.25, 0.3) is 0 Å². The molecule has 0 atom stereocenters. The predicted molar refractivity (Wildman–Crippen MR) is 40.7 cm³/mol. The van der Waals surface area contributed by atoms with E-state index in [2.05, 4.69) is 13.8 Å². The fourth-order valence-corrected chi connectivity index (χ4v) is 0.0612. The molecule has 0 aliphatic carbocycles. The molecule has 0 saturated carbocycles. The molecule has 0 fully saturated rings. The Morgan fingerprint density at radius 2 is 1.36 bits per heavy atom. The first-order chi connectivity index (χ1) is 5.04. The van der Waals surface area contributed by atoms with Crippen LogP contribution in [0.1, 0.15) is 26.7 Å². The SMILES string of the molecule is CCCC.N#CS(=O)(=O)C#N. The predicted octanol–water partition coefficient (Wildman–Crippen LogP) is 1.17. The smallest absolute Gasteiger partial charge is 0.197 e. The maximum Gasteiger partial charge on any atom is 0.333 e. The first-order valence-corrected chi connectivity index (χ1v) is 4.59. The van der Waals surface area contributed by atoms with E-state index in [1.807, 2.05) is 0 Å². The normalized spacial score (nSPS) is 8.36. The molecule has 62 valence electrons. The van der Waals surface area contributed by atoms with Gasteiger partial charge in [0.15, 0.2) is 0 Å². The Bertz CT molecular complexity index is 233. The Morgan fingerprint density at radius 3 is 1.36 bits per heavy atom. The molecule has 0 bridgehead atoms. The molecule has 0 rings (SSSR count). The van der Waals surface area contributed by atoms with Crippen molar-refractivity contribution in [1.29, 1.82) is 10.5 Å². The van der Waals surface area contributed by atoms with Crippen LogP contribution < -0.4 is 0 Å². The lowest BCUT2D eigenvalue weighted by Gasteiger charge is -1.68. The highest BCUT2D eigenvalue weighted by Crippen LogP contribution is 1.77. The molecule has 0 aromatic heterocycles. The second kappa shape index (κ2) is 7.04. The molecule has 0 amide bonds. The zero-order valence-electron chi connectivity index (χ0n) is 6.53. The van der Waals surface area contributed by atoms with Gasteiger partial charge in [-0.15, -0.1) is 0 Å². The molecule has 0 heterocycles. The average molecular weight is 174 g/mol. The summed E-state index contributed by atoms with van der Waals surface area (Å²) in [7, 11) is -4.05. The van der Waals surface area contributed by atoms with Crippen molar-refractivity contribution in [3.63, 3.8) is 0 Å². The maximum atomic E-state index is 9.65. The number of nitrogens with zero attached hydrogens (tertiary/aromatic N) is 2. The van der Waals surface area contributed by atoms with E-state index in [0.29, 0.717) is 0 Å². The highest BCUT2D eigenvalue weighted by atomic mass is 32.2. The first kappa shape index (κ1) is 12.6. The van der Waals surface area contributed by atoms with Gasteiger partial charge in [0.1, 0.15) is 0 Å². The van der Waals surface area contributed by atoms with E-state index in [4.69, 9.17) is 10.5 Å². The number of sulfone groups is 1. The van der Waals surface area contributed by atoms with E-state index in [-0.39, 0.29) is 0 Å². The maximum absolute atomic E-state index is 9.65. The van der Waals surface area contributed by atoms with Crippen LogP contribution in [0.25, 0.3) is 0 Å². The van der Waals surface area contributed by atoms with Crippen molar-refractivity contribution in [2.45, 2.75) is 26.7 Å². The molecule has 0 aromatic carbocycles. The van der Waals surface area contributed by atoms with Crippen molar-refractivity contribution < 1.29 is 8.42 Å². The van der Waals surface area contributed by atoms with E-state index in [1.54, 1.807) is 0 Å². The molecule has 0 aliphatic rings. The number of nitriles is 2. The molecular formula is C6H10N2O2S. The Balaban J connectivity index is 0. The second-order valence-electron chi connectivity index (χ2n) is 1.69. The molecule has 0 aromatic rings. The third-order valence-corrected chi connectivity index (χ3v) is 1.22. The highest BCUT2D eigenvalue weighted by molar-refractivity contribution is 8.00. The average Bonchev–Trinajstić information content (AvgIpc) is 2.05. The van der Waals surface area contributed by atoms with Crippen molar-refractivity contribution >= 4 is 9.84 Å². The molecule has 5 heteroatoms. The van der Waals surface area contributed by atoms with Gasteiger partial charge >= 0.3 is 9.84 Å². The minimum atomic E-state index is -4.05. The minimum absolute atomic E-state index is 0.802. The van der Waals surface area contributed by atoms with Gasteiger partial charge in [-0.3, -0.25) is 0 Å². The molecule has 0 unspecified atom stereocenters. The number of unbranched alkanes of at least 4 members (excludes halogenated alkanes) is 1. The summed E-state index contributed by atoms with van der Waals surface area (Å²) in [5.41, 5.74) is 0. The molecule has 0 saturated heterocycles. The summed E-state index contributed by atoms with van der Waals surface area (Å²) in [5, 5.41) is 16.7. The van der Waals surface area contributed by atoms with Crippen molar-refractivity contribution in [3.05, 3.63) is 0 Å². The van der Waals surface area contributed by atoms with Crippen molar-refractivity contribution in [2.24, 2.45) is 0 Å². The molecule has 0 aliphatic heterocycles. The van der Waals surface area contributed by atoms with E-state index >= 15 is 0 Å². The molecule has 0 N–H and O–H groups in total. The van der Waals surface area contributed by atoms with E-state index in [0.717, 1.165) is 10.8 Å². The van der Waals surface area contributed by atoms with Gasteiger partial charge < -0.3 is 0 Å². The zero-order valence-corrected chi connectivity index (χ0v) is 7.35. The van der Waals surface area contributed by atoms with E-state index in [1.165, 1.54) is 12.8 Å². The van der Waals surface area contributed by atoms with Gasteiger partial charge in [-0.05, 0) is 0 Å². The highest BCUT2D eigenvalue weighted by Gasteiger charge is 2.01. The van der Waals surface area contributed by atoms with Crippen LogP contribution in [0.3, 0.4) is 0 Å². The molecular weight excluding hydrogens is 164 g/mol. The van der Waals surface area contributed by atoms with Crippen LogP contribution in [0.5, 0.6) is 0 Å². The molecule has 0 radical (unpaired) electrons. The van der Waals surface area contributed by atoms with E-state index < -0.39 is 9.84 Å². The summed E-state index contributed by atoms with van der Waals surface area (Å²) >= 11 is 0. The summed E-state index contributed by atoms with van der Waals surface area (Å²) in [5.74, 6) is 0. The standard InChI is InChI=1S/C4H10.C2N2O2S/c1-3-4-2;3-1-7(5,6)2-4/h3-4H2,1-2H3;. The lowest BCUT2D eigenvalue weighted by Crippen LogP contribution is -1.85. The van der Waals surface area contributed by atoms with Gasteiger partial charge in [0, 0.05) is 0 Å². The summed E-state index contributed by atoms with van der Waals surface area (Å²) in [4.78, 5) is 0. The number of thiocyanates is 2. The Labute approximate surface area is 67.0 Å². The van der Waals surface area contributed by atoms with Crippen molar-refractivity contribution in [1.82, 2.24) is 0 Å². The van der Waals surface area contributed by atoms with Crippen molar-refractivity contribution in [2.75, 3.05) is 0 Å². The third kappa shape index (κ3) is 12.2. The van der Waals surface area contributed by atoms with Gasteiger partial charge in [0.05, 0.1) is 0 Å². The quantitative estimate of drug-likeness (QED) is 0.441. The van der Waals surface area contributed by atoms with Crippen LogP contribution in [-0.4, -0.2) is 8.42 Å². The zero-order chi connectivity index (χ0) is 9.33. The van der Waals surface area contributed by atoms with Crippen LogP contribution in [0.4, 0.5) is 0 Å². The fourth-order valence-electron chi connectivity index (χ4n) is 0.0204. The topological polar surface area (TPSA) is 81.7 Å². The molecule has 4 nitrogen and oxygen atoms in total. The number of hydrogen-bond donors (Lipinski definition) is 0. The van der Waals surface area contributed by atoms with Crippen LogP contribution >= 0.6 is 0 Å². The largest absolute Gasteiger partial charge is 0.333 e. The fraction of sp³-hybridized carbons (Fsp3) is 0.667. The summed E-state index contributed by atoms with van der Waals surface area (Å²) in [6.07, 6.45) is 2.64. The lowest BCUT2D eigenvalue weighted by molar-refractivity contribution is 0.614. The van der Waals surface area contributed by atoms with Gasteiger partial charge in [0.2, 0.25) is 10.8 Å². The lowest BCUT2D eigenvalue weighted by atomic mass is 10.4. The summed E-state index contributed by atoms with van der Waals surface area (Å²) in [6.45, 7) is 4.36. The van der Waals surface area contributed by atoms with Crippen molar-refractivity contribution in [3.8, 4) is 10.8 Å². The van der Waals surface area contributed by atoms with Crippen LogP contribution in [0, 0.1) is 21.3 Å². The Morgan fingerprint density at radius 1 is 1.09 bits per heavy atom. The molecule has 0 spiro atoms. The Hall–Kier alpha value is -1.07. The van der Waals surface area contributed by atoms with Gasteiger partial charge in [-0.25, -0.2) is 0 Å².